The fourth-order valence-corrected chi connectivity index (χ4v) is 3.42. The minimum atomic E-state index is -4.32. The van der Waals surface area contributed by atoms with Gasteiger partial charge in [0.15, 0.2) is 5.60 Å². The first-order valence-electron chi connectivity index (χ1n) is 12.4. The number of benzene rings is 1. The molecule has 0 aromatic heterocycles. The first kappa shape index (κ1) is 34.7. The normalized spacial score (nSPS) is 16.7. The molecule has 7 nitrogen and oxygen atoms in total. The van der Waals surface area contributed by atoms with E-state index < -0.39 is 23.3 Å². The lowest BCUT2D eigenvalue weighted by Crippen LogP contribution is -2.40. The van der Waals surface area contributed by atoms with E-state index in [4.69, 9.17) is 9.47 Å². The molecule has 2 rings (SSSR count). The zero-order valence-corrected chi connectivity index (χ0v) is 23.2. The summed E-state index contributed by atoms with van der Waals surface area (Å²) in [6, 6.07) is 7.57. The predicted molar refractivity (Wildman–Crippen MR) is 143 cm³/mol. The van der Waals surface area contributed by atoms with Crippen molar-refractivity contribution in [1.82, 2.24) is 9.80 Å². The number of likely N-dealkylation sites (N-methyl/N-ethyl adjacent to an activating group) is 2. The molecule has 1 saturated heterocycles. The van der Waals surface area contributed by atoms with Gasteiger partial charge in [-0.1, -0.05) is 57.4 Å². The standard InChI is InChI=1S/C19H28N2O5.C7H7F3.C2H6/c1-5-26-19(2,17(22)23)12-14-6-8-16(9-7-14)25-11-10-15-13-20(3)18(24)21(15)4;1-3-4-5-6(2)7(8,9)10;1-2/h6-9,15H,5,10-13H2,1-4H3,(H,22,23);3-5H,1-2H2;1-2H3/b;5-4-;/t15-,19-;;/m0../s1. The summed E-state index contributed by atoms with van der Waals surface area (Å²) in [5, 5.41) is 9.38. The average Bonchev–Trinajstić information content (AvgIpc) is 3.11. The van der Waals surface area contributed by atoms with Crippen molar-refractivity contribution in [3.63, 3.8) is 0 Å². The molecule has 0 spiro atoms. The number of amides is 2. The molecule has 0 unspecified atom stereocenters. The molecule has 1 fully saturated rings. The number of urea groups is 1. The van der Waals surface area contributed by atoms with E-state index in [-0.39, 0.29) is 18.5 Å². The highest BCUT2D eigenvalue weighted by Gasteiger charge is 2.34. The predicted octanol–water partition coefficient (Wildman–Crippen LogP) is 6.12. The molecule has 1 heterocycles. The van der Waals surface area contributed by atoms with Crippen molar-refractivity contribution in [3.05, 3.63) is 66.8 Å². The molecule has 1 aromatic carbocycles. The van der Waals surface area contributed by atoms with Gasteiger partial charge < -0.3 is 24.4 Å². The minimum Gasteiger partial charge on any atom is -0.494 e. The maximum absolute atomic E-state index is 11.8. The Morgan fingerprint density at radius 2 is 1.79 bits per heavy atom. The number of hydrogen-bond acceptors (Lipinski definition) is 4. The Morgan fingerprint density at radius 3 is 2.21 bits per heavy atom. The highest BCUT2D eigenvalue weighted by Crippen LogP contribution is 2.24. The van der Waals surface area contributed by atoms with Crippen LogP contribution in [0.25, 0.3) is 0 Å². The summed E-state index contributed by atoms with van der Waals surface area (Å²) in [4.78, 5) is 26.6. The summed E-state index contributed by atoms with van der Waals surface area (Å²) in [5.41, 5.74) is -1.23. The molecule has 1 aromatic rings. The van der Waals surface area contributed by atoms with Gasteiger partial charge in [0.25, 0.3) is 0 Å². The van der Waals surface area contributed by atoms with Crippen LogP contribution in [0.4, 0.5) is 18.0 Å². The summed E-state index contributed by atoms with van der Waals surface area (Å²) in [7, 11) is 3.61. The van der Waals surface area contributed by atoms with Gasteiger partial charge in [0.1, 0.15) is 5.75 Å². The quantitative estimate of drug-likeness (QED) is 0.341. The molecule has 2 atom stereocenters. The van der Waals surface area contributed by atoms with E-state index >= 15 is 0 Å². The Hall–Kier alpha value is -3.27. The van der Waals surface area contributed by atoms with Crippen LogP contribution in [0.1, 0.15) is 39.7 Å². The lowest BCUT2D eigenvalue weighted by molar-refractivity contribution is -0.162. The maximum atomic E-state index is 11.8. The van der Waals surface area contributed by atoms with E-state index in [1.807, 2.05) is 45.2 Å². The van der Waals surface area contributed by atoms with Gasteiger partial charge >= 0.3 is 18.2 Å². The lowest BCUT2D eigenvalue weighted by atomic mass is 9.96. The number of carbonyl (C=O) groups is 2. The number of rotatable bonds is 11. The molecule has 214 valence electrons. The van der Waals surface area contributed by atoms with Crippen molar-refractivity contribution < 1.29 is 37.3 Å². The molecule has 10 heteroatoms. The molecule has 0 radical (unpaired) electrons. The van der Waals surface area contributed by atoms with Crippen molar-refractivity contribution >= 4 is 12.0 Å². The van der Waals surface area contributed by atoms with Gasteiger partial charge in [-0.2, -0.15) is 13.2 Å². The van der Waals surface area contributed by atoms with Crippen molar-refractivity contribution in [1.29, 1.82) is 0 Å². The number of alkyl halides is 3. The van der Waals surface area contributed by atoms with E-state index in [1.165, 1.54) is 12.2 Å². The Bertz CT molecular complexity index is 931. The Balaban J connectivity index is 0.000000962. The van der Waals surface area contributed by atoms with Crippen molar-refractivity contribution in [2.75, 3.05) is 33.9 Å². The number of allylic oxidation sites excluding steroid dienone is 4. The second kappa shape index (κ2) is 16.5. The van der Waals surface area contributed by atoms with Crippen LogP contribution in [0.3, 0.4) is 0 Å². The van der Waals surface area contributed by atoms with Gasteiger partial charge in [-0.3, -0.25) is 0 Å². The number of carbonyl (C=O) groups excluding carboxylic acids is 1. The van der Waals surface area contributed by atoms with Gasteiger partial charge in [0.2, 0.25) is 0 Å². The molecule has 2 amide bonds. The van der Waals surface area contributed by atoms with Crippen LogP contribution in [0.15, 0.2) is 61.2 Å². The molecular weight excluding hydrogens is 501 g/mol. The molecular formula is C28H41F3N2O5. The molecule has 1 aliphatic rings. The third kappa shape index (κ3) is 11.4. The summed E-state index contributed by atoms with van der Waals surface area (Å²) in [6.07, 6.45) is 0.0484. The largest absolute Gasteiger partial charge is 0.494 e. The van der Waals surface area contributed by atoms with E-state index in [9.17, 15) is 27.9 Å². The van der Waals surface area contributed by atoms with Gasteiger partial charge in [0, 0.05) is 45.7 Å². The van der Waals surface area contributed by atoms with E-state index in [0.717, 1.165) is 23.8 Å². The highest BCUT2D eigenvalue weighted by molar-refractivity contribution is 5.77. The van der Waals surface area contributed by atoms with Crippen LogP contribution in [-0.2, 0) is 16.0 Å². The molecule has 1 aliphatic heterocycles. The van der Waals surface area contributed by atoms with Crippen LogP contribution in [-0.4, -0.2) is 78.6 Å². The van der Waals surface area contributed by atoms with Gasteiger partial charge in [-0.25, -0.2) is 9.59 Å². The summed E-state index contributed by atoms with van der Waals surface area (Å²) in [5.74, 6) is -0.248. The summed E-state index contributed by atoms with van der Waals surface area (Å²) in [6.45, 7) is 15.0. The van der Waals surface area contributed by atoms with E-state index in [2.05, 4.69) is 13.2 Å². The molecule has 0 bridgehead atoms. The molecule has 0 aliphatic carbocycles. The molecule has 0 saturated carbocycles. The number of carboxylic acid groups (broad SMARTS) is 1. The SMILES string of the molecule is C=C/C=C\C(=C)C(F)(F)F.CC.CCO[C@@](C)(Cc1ccc(OCC[C@H]2CN(C)C(=O)N2C)cc1)C(=O)O. The zero-order valence-electron chi connectivity index (χ0n) is 23.2. The number of halogens is 3. The molecule has 38 heavy (non-hydrogen) atoms. The third-order valence-electron chi connectivity index (χ3n) is 5.56. The average molecular weight is 543 g/mol. The third-order valence-corrected chi connectivity index (χ3v) is 5.56. The number of nitrogens with zero attached hydrogens (tertiary/aromatic N) is 2. The first-order valence-corrected chi connectivity index (χ1v) is 12.4. The van der Waals surface area contributed by atoms with Crippen molar-refractivity contribution in [3.8, 4) is 5.75 Å². The Kier molecular flexibility index (Phi) is 15.1. The highest BCUT2D eigenvalue weighted by atomic mass is 19.4. The monoisotopic (exact) mass is 542 g/mol. The van der Waals surface area contributed by atoms with Gasteiger partial charge in [0.05, 0.1) is 12.6 Å². The van der Waals surface area contributed by atoms with Crippen molar-refractivity contribution in [2.24, 2.45) is 0 Å². The van der Waals surface area contributed by atoms with E-state index in [1.54, 1.807) is 30.7 Å². The van der Waals surface area contributed by atoms with Crippen LogP contribution < -0.4 is 4.74 Å². The maximum Gasteiger partial charge on any atom is 0.415 e. The second-order valence-corrected chi connectivity index (χ2v) is 8.47. The van der Waals surface area contributed by atoms with Gasteiger partial charge in [-0.15, -0.1) is 0 Å². The summed E-state index contributed by atoms with van der Waals surface area (Å²) < 4.78 is 45.9. The zero-order chi connectivity index (χ0) is 29.5. The molecule has 1 N–H and O–H groups in total. The van der Waals surface area contributed by atoms with Crippen LogP contribution in [0.2, 0.25) is 0 Å². The number of hydrogen-bond donors (Lipinski definition) is 1. The number of aliphatic carboxylic acids is 1. The van der Waals surface area contributed by atoms with E-state index in [0.29, 0.717) is 19.8 Å². The van der Waals surface area contributed by atoms with Crippen LogP contribution >= 0.6 is 0 Å². The Morgan fingerprint density at radius 1 is 1.21 bits per heavy atom. The van der Waals surface area contributed by atoms with Gasteiger partial charge in [-0.05, 0) is 31.5 Å². The Labute approximate surface area is 224 Å². The lowest BCUT2D eigenvalue weighted by Gasteiger charge is -2.24. The number of carboxylic acids is 1. The minimum absolute atomic E-state index is 0.0372. The van der Waals surface area contributed by atoms with Crippen LogP contribution in [0.5, 0.6) is 5.75 Å². The first-order chi connectivity index (χ1) is 17.7. The summed E-state index contributed by atoms with van der Waals surface area (Å²) >= 11 is 0. The fourth-order valence-electron chi connectivity index (χ4n) is 3.42. The van der Waals surface area contributed by atoms with Crippen LogP contribution in [0, 0.1) is 0 Å². The smallest absolute Gasteiger partial charge is 0.415 e. The fraction of sp³-hybridized carbons (Fsp3) is 0.500. The number of ether oxygens (including phenoxy) is 2. The topological polar surface area (TPSA) is 79.3 Å². The second-order valence-electron chi connectivity index (χ2n) is 8.47. The van der Waals surface area contributed by atoms with Crippen molar-refractivity contribution in [2.45, 2.75) is 58.4 Å².